The number of aromatic nitrogens is 1. The lowest BCUT2D eigenvalue weighted by Gasteiger charge is -2.25. The number of rotatable bonds is 3. The minimum absolute atomic E-state index is 0.225. The molecule has 1 N–H and O–H groups in total. The van der Waals surface area contributed by atoms with Gasteiger partial charge in [-0.05, 0) is 17.0 Å². The Balaban J connectivity index is 1.82. The average Bonchev–Trinajstić information content (AvgIpc) is 2.26. The summed E-state index contributed by atoms with van der Waals surface area (Å²) in [6.45, 7) is 1.69. The number of nitrogens with zero attached hydrogens (tertiary/aromatic N) is 1. The minimum Gasteiger partial charge on any atom is -0.315 e. The number of nitrogens with one attached hydrogen (secondary N) is 1. The number of hydrogen-bond acceptors (Lipinski definition) is 3. The van der Waals surface area contributed by atoms with Crippen LogP contribution in [-0.4, -0.2) is 23.9 Å². The molecule has 0 aliphatic carbocycles. The molecule has 1 aromatic heterocycles. The fourth-order valence-electron chi connectivity index (χ4n) is 2.10. The third kappa shape index (κ3) is 2.06. The molecular formula is C14H14N2O. The normalized spacial score (nSPS) is 15.8. The van der Waals surface area contributed by atoms with Crippen LogP contribution in [0.25, 0.3) is 10.8 Å². The molecule has 86 valence electrons. The summed E-state index contributed by atoms with van der Waals surface area (Å²) in [5, 5.41) is 5.40. The standard InChI is InChI=1S/C14H14N2O/c17-14(13-8-16-9-13)6-10-1-2-12-7-15-4-3-11(12)5-10/h1-5,7,13,16H,6,8-9H2. The first kappa shape index (κ1) is 10.4. The number of carbonyl (C=O) groups excluding carboxylic acids is 1. The lowest BCUT2D eigenvalue weighted by molar-refractivity contribution is -0.123. The first-order valence-electron chi connectivity index (χ1n) is 5.89. The number of hydrogen-bond donors (Lipinski definition) is 1. The van der Waals surface area contributed by atoms with E-state index in [9.17, 15) is 4.79 Å². The SMILES string of the molecule is O=C(Cc1ccc2cnccc2c1)C1CNC1. The second-order valence-electron chi connectivity index (χ2n) is 4.56. The van der Waals surface area contributed by atoms with Gasteiger partial charge in [-0.3, -0.25) is 9.78 Å². The predicted molar refractivity (Wildman–Crippen MR) is 66.8 cm³/mol. The first-order chi connectivity index (χ1) is 8.33. The lowest BCUT2D eigenvalue weighted by Crippen LogP contribution is -2.47. The quantitative estimate of drug-likeness (QED) is 0.863. The van der Waals surface area contributed by atoms with Gasteiger partial charge in [-0.15, -0.1) is 0 Å². The van der Waals surface area contributed by atoms with Crippen molar-refractivity contribution in [1.82, 2.24) is 10.3 Å². The monoisotopic (exact) mass is 226 g/mol. The minimum atomic E-state index is 0.225. The Kier molecular flexibility index (Phi) is 2.61. The van der Waals surface area contributed by atoms with E-state index in [1.807, 2.05) is 24.4 Å². The van der Waals surface area contributed by atoms with Crippen LogP contribution in [0.4, 0.5) is 0 Å². The van der Waals surface area contributed by atoms with Crippen molar-refractivity contribution in [3.8, 4) is 0 Å². The van der Waals surface area contributed by atoms with Crippen molar-refractivity contribution in [2.45, 2.75) is 6.42 Å². The Bertz CT molecular complexity index is 561. The molecule has 1 saturated heterocycles. The van der Waals surface area contributed by atoms with E-state index in [4.69, 9.17) is 0 Å². The van der Waals surface area contributed by atoms with Gasteiger partial charge in [-0.2, -0.15) is 0 Å². The van der Waals surface area contributed by atoms with E-state index in [1.165, 1.54) is 0 Å². The highest BCUT2D eigenvalue weighted by atomic mass is 16.1. The highest BCUT2D eigenvalue weighted by Gasteiger charge is 2.24. The molecule has 0 bridgehead atoms. The van der Waals surface area contributed by atoms with Gasteiger partial charge in [0.25, 0.3) is 0 Å². The van der Waals surface area contributed by atoms with Crippen molar-refractivity contribution in [2.24, 2.45) is 5.92 Å². The van der Waals surface area contributed by atoms with Gasteiger partial charge >= 0.3 is 0 Å². The van der Waals surface area contributed by atoms with E-state index in [2.05, 4.69) is 16.4 Å². The van der Waals surface area contributed by atoms with E-state index in [1.54, 1.807) is 6.20 Å². The Morgan fingerprint density at radius 1 is 1.29 bits per heavy atom. The Hall–Kier alpha value is -1.74. The maximum absolute atomic E-state index is 11.9. The number of pyridine rings is 1. The summed E-state index contributed by atoms with van der Waals surface area (Å²) in [6.07, 6.45) is 4.17. The second kappa shape index (κ2) is 4.26. The van der Waals surface area contributed by atoms with Gasteiger partial charge in [-0.25, -0.2) is 0 Å². The van der Waals surface area contributed by atoms with Crippen LogP contribution in [-0.2, 0) is 11.2 Å². The average molecular weight is 226 g/mol. The molecule has 3 heteroatoms. The van der Waals surface area contributed by atoms with Crippen molar-refractivity contribution >= 4 is 16.6 Å². The fourth-order valence-corrected chi connectivity index (χ4v) is 2.10. The van der Waals surface area contributed by atoms with Gasteiger partial charge in [0.15, 0.2) is 0 Å². The maximum Gasteiger partial charge on any atom is 0.142 e. The van der Waals surface area contributed by atoms with E-state index >= 15 is 0 Å². The second-order valence-corrected chi connectivity index (χ2v) is 4.56. The highest BCUT2D eigenvalue weighted by molar-refractivity contribution is 5.87. The predicted octanol–water partition coefficient (Wildman–Crippen LogP) is 1.57. The van der Waals surface area contributed by atoms with Crippen LogP contribution < -0.4 is 5.32 Å². The third-order valence-corrected chi connectivity index (χ3v) is 3.32. The number of Topliss-reactive ketones (excluding diaryl/α,β-unsaturated/α-hetero) is 1. The molecule has 0 spiro atoms. The fraction of sp³-hybridized carbons (Fsp3) is 0.286. The van der Waals surface area contributed by atoms with Crippen molar-refractivity contribution in [2.75, 3.05) is 13.1 Å². The molecule has 2 aromatic rings. The zero-order valence-electron chi connectivity index (χ0n) is 9.52. The molecule has 17 heavy (non-hydrogen) atoms. The summed E-state index contributed by atoms with van der Waals surface area (Å²) >= 11 is 0. The highest BCUT2D eigenvalue weighted by Crippen LogP contribution is 2.16. The van der Waals surface area contributed by atoms with E-state index < -0.39 is 0 Å². The summed E-state index contributed by atoms with van der Waals surface area (Å²) in [6, 6.07) is 8.12. The van der Waals surface area contributed by atoms with E-state index in [-0.39, 0.29) is 5.92 Å². The van der Waals surface area contributed by atoms with Crippen LogP contribution in [0, 0.1) is 5.92 Å². The van der Waals surface area contributed by atoms with Crippen molar-refractivity contribution in [1.29, 1.82) is 0 Å². The smallest absolute Gasteiger partial charge is 0.142 e. The molecule has 1 aromatic carbocycles. The van der Waals surface area contributed by atoms with Crippen molar-refractivity contribution < 1.29 is 4.79 Å². The number of carbonyl (C=O) groups is 1. The molecule has 1 aliphatic rings. The molecule has 0 radical (unpaired) electrons. The first-order valence-corrected chi connectivity index (χ1v) is 5.89. The summed E-state index contributed by atoms with van der Waals surface area (Å²) in [4.78, 5) is 16.0. The van der Waals surface area contributed by atoms with Gasteiger partial charge in [0.05, 0.1) is 0 Å². The summed E-state index contributed by atoms with van der Waals surface area (Å²) in [5.74, 6) is 0.570. The molecule has 0 saturated carbocycles. The number of benzene rings is 1. The molecule has 0 unspecified atom stereocenters. The molecule has 1 fully saturated rings. The van der Waals surface area contributed by atoms with Crippen LogP contribution in [0.15, 0.2) is 36.7 Å². The zero-order valence-corrected chi connectivity index (χ0v) is 9.52. The van der Waals surface area contributed by atoms with Gasteiger partial charge in [0.2, 0.25) is 0 Å². The topological polar surface area (TPSA) is 42.0 Å². The van der Waals surface area contributed by atoms with Crippen molar-refractivity contribution in [3.63, 3.8) is 0 Å². The van der Waals surface area contributed by atoms with Gasteiger partial charge in [0.1, 0.15) is 5.78 Å². The molecular weight excluding hydrogens is 212 g/mol. The lowest BCUT2D eigenvalue weighted by atomic mass is 9.93. The summed E-state index contributed by atoms with van der Waals surface area (Å²) in [7, 11) is 0. The molecule has 2 heterocycles. The third-order valence-electron chi connectivity index (χ3n) is 3.32. The molecule has 3 nitrogen and oxygen atoms in total. The summed E-state index contributed by atoms with van der Waals surface area (Å²) in [5.41, 5.74) is 1.10. The largest absolute Gasteiger partial charge is 0.315 e. The van der Waals surface area contributed by atoms with Crippen molar-refractivity contribution in [3.05, 3.63) is 42.2 Å². The van der Waals surface area contributed by atoms with Crippen LogP contribution in [0.3, 0.4) is 0 Å². The molecule has 3 rings (SSSR count). The van der Waals surface area contributed by atoms with E-state index in [0.29, 0.717) is 12.2 Å². The Labute approximate surface area is 99.9 Å². The zero-order chi connectivity index (χ0) is 11.7. The van der Waals surface area contributed by atoms with Crippen LogP contribution in [0.5, 0.6) is 0 Å². The van der Waals surface area contributed by atoms with Gasteiger partial charge < -0.3 is 5.32 Å². The van der Waals surface area contributed by atoms with Gasteiger partial charge in [0, 0.05) is 43.2 Å². The van der Waals surface area contributed by atoms with Gasteiger partial charge in [-0.1, -0.05) is 18.2 Å². The maximum atomic E-state index is 11.9. The number of fused-ring (bicyclic) bond motifs is 1. The number of ketones is 1. The van der Waals surface area contributed by atoms with Crippen LogP contribution in [0.2, 0.25) is 0 Å². The van der Waals surface area contributed by atoms with Crippen LogP contribution >= 0.6 is 0 Å². The molecule has 0 amide bonds. The summed E-state index contributed by atoms with van der Waals surface area (Å²) < 4.78 is 0. The van der Waals surface area contributed by atoms with E-state index in [0.717, 1.165) is 29.4 Å². The Morgan fingerprint density at radius 2 is 2.18 bits per heavy atom. The molecule has 1 aliphatic heterocycles. The van der Waals surface area contributed by atoms with Crippen LogP contribution in [0.1, 0.15) is 5.56 Å². The Morgan fingerprint density at radius 3 is 2.94 bits per heavy atom. The molecule has 0 atom stereocenters.